The molecule has 0 atom stereocenters. The van der Waals surface area contributed by atoms with Crippen LogP contribution < -0.4 is 5.32 Å². The van der Waals surface area contributed by atoms with Crippen LogP contribution in [0, 0.1) is 0 Å². The van der Waals surface area contributed by atoms with Crippen LogP contribution >= 0.6 is 15.9 Å². The van der Waals surface area contributed by atoms with E-state index in [1.807, 2.05) is 7.05 Å². The number of nitrogens with zero attached hydrogens (tertiary/aromatic N) is 1. The van der Waals surface area contributed by atoms with Gasteiger partial charge >= 0.3 is 0 Å². The first-order chi connectivity index (χ1) is 5.96. The van der Waals surface area contributed by atoms with E-state index in [9.17, 15) is 0 Å². The van der Waals surface area contributed by atoms with Gasteiger partial charge in [-0.3, -0.25) is 5.10 Å². The first-order valence-corrected chi connectivity index (χ1v) is 5.14. The summed E-state index contributed by atoms with van der Waals surface area (Å²) in [6.45, 7) is 7.26. The van der Waals surface area contributed by atoms with E-state index in [4.69, 9.17) is 0 Å². The minimum absolute atomic E-state index is 0.0846. The van der Waals surface area contributed by atoms with Crippen molar-refractivity contribution in [3.8, 4) is 0 Å². The maximum Gasteiger partial charge on any atom is 0.0820 e. The van der Waals surface area contributed by atoms with Crippen molar-refractivity contribution in [3.63, 3.8) is 0 Å². The summed E-state index contributed by atoms with van der Waals surface area (Å²) in [4.78, 5) is 0. The fourth-order valence-corrected chi connectivity index (χ4v) is 2.07. The van der Waals surface area contributed by atoms with Crippen molar-refractivity contribution < 1.29 is 0 Å². The molecule has 0 aliphatic heterocycles. The molecule has 74 valence electrons. The molecule has 0 aliphatic rings. The van der Waals surface area contributed by atoms with Crippen LogP contribution in [0.2, 0.25) is 0 Å². The standard InChI is InChI=1S/C9H16BrN3/c1-9(2,3)8-7(10)6(5-11-4)12-13-8/h11H,5H2,1-4H3,(H,12,13). The normalized spacial score (nSPS) is 12.1. The highest BCUT2D eigenvalue weighted by Crippen LogP contribution is 2.29. The molecule has 0 amide bonds. The molecule has 2 N–H and O–H groups in total. The second-order valence-corrected chi connectivity index (χ2v) is 4.94. The van der Waals surface area contributed by atoms with E-state index in [2.05, 4.69) is 52.2 Å². The molecule has 1 aromatic rings. The number of hydrogen-bond donors (Lipinski definition) is 2. The van der Waals surface area contributed by atoms with Gasteiger partial charge in [0.25, 0.3) is 0 Å². The van der Waals surface area contributed by atoms with Gasteiger partial charge in [-0.1, -0.05) is 20.8 Å². The average Bonchev–Trinajstić information content (AvgIpc) is 2.32. The zero-order chi connectivity index (χ0) is 10.1. The molecular weight excluding hydrogens is 230 g/mol. The van der Waals surface area contributed by atoms with Crippen molar-refractivity contribution in [3.05, 3.63) is 15.9 Å². The monoisotopic (exact) mass is 245 g/mol. The molecule has 0 bridgehead atoms. The lowest BCUT2D eigenvalue weighted by Crippen LogP contribution is -2.12. The van der Waals surface area contributed by atoms with Crippen molar-refractivity contribution in [2.24, 2.45) is 0 Å². The van der Waals surface area contributed by atoms with Gasteiger partial charge in [0.2, 0.25) is 0 Å². The molecule has 0 saturated carbocycles. The first-order valence-electron chi connectivity index (χ1n) is 4.34. The molecule has 0 radical (unpaired) electrons. The molecular formula is C9H16BrN3. The molecule has 1 aromatic heterocycles. The Morgan fingerprint density at radius 3 is 2.46 bits per heavy atom. The van der Waals surface area contributed by atoms with Gasteiger partial charge in [-0.2, -0.15) is 5.10 Å². The lowest BCUT2D eigenvalue weighted by Gasteiger charge is -2.15. The predicted molar refractivity (Wildman–Crippen MR) is 57.8 cm³/mol. The molecule has 13 heavy (non-hydrogen) atoms. The number of nitrogens with one attached hydrogen (secondary N) is 2. The van der Waals surface area contributed by atoms with Crippen LogP contribution in [0.25, 0.3) is 0 Å². The fourth-order valence-electron chi connectivity index (χ4n) is 1.16. The summed E-state index contributed by atoms with van der Waals surface area (Å²) in [5.41, 5.74) is 2.27. The van der Waals surface area contributed by atoms with Crippen molar-refractivity contribution in [1.82, 2.24) is 15.5 Å². The Balaban J connectivity index is 2.99. The number of H-pyrrole nitrogens is 1. The van der Waals surface area contributed by atoms with Crippen LogP contribution in [0.3, 0.4) is 0 Å². The topological polar surface area (TPSA) is 40.7 Å². The third kappa shape index (κ3) is 2.31. The lowest BCUT2D eigenvalue weighted by molar-refractivity contribution is 0.564. The van der Waals surface area contributed by atoms with Crippen LogP contribution in [-0.2, 0) is 12.0 Å². The lowest BCUT2D eigenvalue weighted by atomic mass is 9.92. The van der Waals surface area contributed by atoms with E-state index in [0.717, 1.165) is 22.4 Å². The Kier molecular flexibility index (Phi) is 3.14. The zero-order valence-electron chi connectivity index (χ0n) is 8.53. The van der Waals surface area contributed by atoms with Gasteiger partial charge in [0.1, 0.15) is 0 Å². The maximum atomic E-state index is 4.29. The second-order valence-electron chi connectivity index (χ2n) is 4.15. The molecule has 1 heterocycles. The SMILES string of the molecule is CNCc1[nH]nc(C(C)(C)C)c1Br. The molecule has 1 rings (SSSR count). The third-order valence-electron chi connectivity index (χ3n) is 1.84. The molecule has 0 aliphatic carbocycles. The molecule has 4 heteroatoms. The van der Waals surface area contributed by atoms with Gasteiger partial charge in [0, 0.05) is 12.0 Å². The molecule has 0 saturated heterocycles. The Hall–Kier alpha value is -0.350. The van der Waals surface area contributed by atoms with Crippen molar-refractivity contribution in [2.45, 2.75) is 32.7 Å². The van der Waals surface area contributed by atoms with Crippen LogP contribution in [0.15, 0.2) is 4.47 Å². The van der Waals surface area contributed by atoms with Gasteiger partial charge in [0.15, 0.2) is 0 Å². The summed E-state index contributed by atoms with van der Waals surface area (Å²) in [6.07, 6.45) is 0. The van der Waals surface area contributed by atoms with Gasteiger partial charge in [-0.05, 0) is 23.0 Å². The van der Waals surface area contributed by atoms with Gasteiger partial charge in [0.05, 0.1) is 15.9 Å². The number of halogens is 1. The van der Waals surface area contributed by atoms with Crippen LogP contribution in [0.4, 0.5) is 0 Å². The minimum Gasteiger partial charge on any atom is -0.314 e. The number of aromatic nitrogens is 2. The number of hydrogen-bond acceptors (Lipinski definition) is 2. The van der Waals surface area contributed by atoms with Gasteiger partial charge in [-0.25, -0.2) is 0 Å². The Morgan fingerprint density at radius 1 is 1.46 bits per heavy atom. The number of rotatable bonds is 2. The Bertz CT molecular complexity index is 286. The first kappa shape index (κ1) is 10.7. The van der Waals surface area contributed by atoms with Gasteiger partial charge in [-0.15, -0.1) is 0 Å². The largest absolute Gasteiger partial charge is 0.314 e. The molecule has 3 nitrogen and oxygen atoms in total. The van der Waals surface area contributed by atoms with Crippen molar-refractivity contribution in [1.29, 1.82) is 0 Å². The zero-order valence-corrected chi connectivity index (χ0v) is 10.1. The average molecular weight is 246 g/mol. The minimum atomic E-state index is 0.0846. The molecule has 0 aromatic carbocycles. The van der Waals surface area contributed by atoms with E-state index in [1.54, 1.807) is 0 Å². The molecule has 0 spiro atoms. The Labute approximate surface area is 87.4 Å². The van der Waals surface area contributed by atoms with Gasteiger partial charge < -0.3 is 5.32 Å². The van der Waals surface area contributed by atoms with Crippen LogP contribution in [0.5, 0.6) is 0 Å². The highest BCUT2D eigenvalue weighted by Gasteiger charge is 2.22. The summed E-state index contributed by atoms with van der Waals surface area (Å²) in [7, 11) is 1.92. The smallest absolute Gasteiger partial charge is 0.0820 e. The number of aromatic amines is 1. The fraction of sp³-hybridized carbons (Fsp3) is 0.667. The highest BCUT2D eigenvalue weighted by molar-refractivity contribution is 9.10. The summed E-state index contributed by atoms with van der Waals surface area (Å²) < 4.78 is 1.09. The van der Waals surface area contributed by atoms with E-state index >= 15 is 0 Å². The van der Waals surface area contributed by atoms with E-state index in [-0.39, 0.29) is 5.41 Å². The Morgan fingerprint density at radius 2 is 2.08 bits per heavy atom. The summed E-state index contributed by atoms with van der Waals surface area (Å²) >= 11 is 3.55. The van der Waals surface area contributed by atoms with E-state index < -0.39 is 0 Å². The summed E-state index contributed by atoms with van der Waals surface area (Å²) in [6, 6.07) is 0. The second kappa shape index (κ2) is 3.80. The maximum absolute atomic E-state index is 4.29. The summed E-state index contributed by atoms with van der Waals surface area (Å²) in [5.74, 6) is 0. The third-order valence-corrected chi connectivity index (χ3v) is 2.69. The van der Waals surface area contributed by atoms with E-state index in [1.165, 1.54) is 0 Å². The summed E-state index contributed by atoms with van der Waals surface area (Å²) in [5, 5.41) is 10.4. The van der Waals surface area contributed by atoms with Crippen LogP contribution in [-0.4, -0.2) is 17.2 Å². The van der Waals surface area contributed by atoms with E-state index in [0.29, 0.717) is 0 Å². The quantitative estimate of drug-likeness (QED) is 0.839. The van der Waals surface area contributed by atoms with Crippen molar-refractivity contribution >= 4 is 15.9 Å². The predicted octanol–water partition coefficient (Wildman–Crippen LogP) is 2.19. The molecule has 0 fully saturated rings. The van der Waals surface area contributed by atoms with Crippen molar-refractivity contribution in [2.75, 3.05) is 7.05 Å². The highest BCUT2D eigenvalue weighted by atomic mass is 79.9. The molecule has 0 unspecified atom stereocenters. The van der Waals surface area contributed by atoms with Crippen LogP contribution in [0.1, 0.15) is 32.2 Å².